The molecule has 0 amide bonds. The lowest BCUT2D eigenvalue weighted by molar-refractivity contribution is -0.383. The molecule has 0 saturated heterocycles. The van der Waals surface area contributed by atoms with Gasteiger partial charge in [-0.15, -0.1) is 0 Å². The number of methoxy groups -OCH3 is 1. The van der Waals surface area contributed by atoms with Crippen LogP contribution in [-0.4, -0.2) is 22.0 Å². The summed E-state index contributed by atoms with van der Waals surface area (Å²) in [4.78, 5) is 30.1. The molecule has 0 radical (unpaired) electrons. The second-order valence-electron chi connectivity index (χ2n) is 5.62. The van der Waals surface area contributed by atoms with Gasteiger partial charge in [0.1, 0.15) is 11.6 Å². The Bertz CT molecular complexity index is 1060. The van der Waals surface area contributed by atoms with Crippen molar-refractivity contribution in [3.63, 3.8) is 0 Å². The van der Waals surface area contributed by atoms with E-state index in [-0.39, 0.29) is 17.8 Å². The minimum absolute atomic E-state index is 0.0226. The Morgan fingerprint density at radius 1 is 1.35 bits per heavy atom. The highest BCUT2D eigenvalue weighted by Crippen LogP contribution is 2.33. The van der Waals surface area contributed by atoms with Gasteiger partial charge in [-0.1, -0.05) is 15.9 Å². The van der Waals surface area contributed by atoms with Crippen LogP contribution in [0.1, 0.15) is 11.3 Å². The smallest absolute Gasteiger partial charge is 0.278 e. The number of aryl methyl sites for hydroxylation is 1. The van der Waals surface area contributed by atoms with Crippen molar-refractivity contribution in [3.05, 3.63) is 66.7 Å². The number of hydrogen-bond acceptors (Lipinski definition) is 6. The molecule has 0 atom stereocenters. The van der Waals surface area contributed by atoms with Gasteiger partial charge in [0, 0.05) is 27.8 Å². The number of H-pyrrole nitrogens is 1. The van der Waals surface area contributed by atoms with E-state index >= 15 is 0 Å². The molecule has 9 heteroatoms. The quantitative estimate of drug-likeness (QED) is 0.484. The Kier molecular flexibility index (Phi) is 4.90. The number of nitrogens with one attached hydrogen (secondary N) is 2. The van der Waals surface area contributed by atoms with Gasteiger partial charge in [0.15, 0.2) is 0 Å². The second kappa shape index (κ2) is 7.12. The zero-order chi connectivity index (χ0) is 18.8. The van der Waals surface area contributed by atoms with E-state index in [2.05, 4.69) is 31.2 Å². The number of aromatic amines is 1. The molecule has 8 nitrogen and oxygen atoms in total. The normalized spacial score (nSPS) is 10.7. The maximum Gasteiger partial charge on any atom is 0.278 e. The fraction of sp³-hybridized carbons (Fsp3) is 0.176. The van der Waals surface area contributed by atoms with Gasteiger partial charge in [-0.3, -0.25) is 14.9 Å². The Balaban J connectivity index is 2.03. The second-order valence-corrected chi connectivity index (χ2v) is 6.53. The number of aromatic nitrogens is 2. The first-order valence-electron chi connectivity index (χ1n) is 7.64. The SMILES string of the molecule is COc1cc(C)[nH]c(=O)c1CNc1nccc2c([N+](=O)[O-])cc(Br)cc12. The van der Waals surface area contributed by atoms with Crippen LogP contribution in [0.4, 0.5) is 11.5 Å². The zero-order valence-electron chi connectivity index (χ0n) is 14.0. The monoisotopic (exact) mass is 418 g/mol. The summed E-state index contributed by atoms with van der Waals surface area (Å²) in [5.41, 5.74) is 0.826. The first-order chi connectivity index (χ1) is 12.4. The van der Waals surface area contributed by atoms with E-state index in [0.29, 0.717) is 38.1 Å². The van der Waals surface area contributed by atoms with Crippen LogP contribution >= 0.6 is 15.9 Å². The van der Waals surface area contributed by atoms with Crippen molar-refractivity contribution in [3.8, 4) is 5.75 Å². The Morgan fingerprint density at radius 3 is 2.81 bits per heavy atom. The highest BCUT2D eigenvalue weighted by Gasteiger charge is 2.16. The molecule has 2 aromatic heterocycles. The first kappa shape index (κ1) is 17.9. The topological polar surface area (TPSA) is 110 Å². The molecule has 26 heavy (non-hydrogen) atoms. The third kappa shape index (κ3) is 3.38. The number of rotatable bonds is 5. The predicted molar refractivity (Wildman–Crippen MR) is 102 cm³/mol. The molecular formula is C17H15BrN4O4. The molecular weight excluding hydrogens is 404 g/mol. The van der Waals surface area contributed by atoms with E-state index in [9.17, 15) is 14.9 Å². The summed E-state index contributed by atoms with van der Waals surface area (Å²) in [6, 6.07) is 6.51. The van der Waals surface area contributed by atoms with Gasteiger partial charge in [0.25, 0.3) is 11.2 Å². The lowest BCUT2D eigenvalue weighted by Crippen LogP contribution is -2.18. The highest BCUT2D eigenvalue weighted by atomic mass is 79.9. The van der Waals surface area contributed by atoms with Crippen molar-refractivity contribution in [2.45, 2.75) is 13.5 Å². The average molecular weight is 419 g/mol. The molecule has 1 aromatic carbocycles. The fourth-order valence-corrected chi connectivity index (χ4v) is 3.18. The minimum Gasteiger partial charge on any atom is -0.496 e. The number of nitro groups is 1. The number of anilines is 1. The van der Waals surface area contributed by atoms with Crippen LogP contribution < -0.4 is 15.6 Å². The lowest BCUT2D eigenvalue weighted by Gasteiger charge is -2.12. The molecule has 0 unspecified atom stereocenters. The molecule has 0 aliphatic carbocycles. The van der Waals surface area contributed by atoms with E-state index in [0.717, 1.165) is 0 Å². The van der Waals surface area contributed by atoms with Crippen molar-refractivity contribution < 1.29 is 9.66 Å². The van der Waals surface area contributed by atoms with Crippen molar-refractivity contribution >= 4 is 38.2 Å². The molecule has 0 spiro atoms. The molecule has 2 N–H and O–H groups in total. The number of nitro benzene ring substituents is 1. The van der Waals surface area contributed by atoms with E-state index in [1.54, 1.807) is 25.1 Å². The van der Waals surface area contributed by atoms with Crippen molar-refractivity contribution in [2.75, 3.05) is 12.4 Å². The molecule has 0 fully saturated rings. The van der Waals surface area contributed by atoms with Crippen LogP contribution in [0.25, 0.3) is 10.8 Å². The largest absolute Gasteiger partial charge is 0.496 e. The number of non-ortho nitro benzene ring substituents is 1. The number of pyridine rings is 2. The molecule has 0 bridgehead atoms. The van der Waals surface area contributed by atoms with Crippen LogP contribution in [0, 0.1) is 17.0 Å². The molecule has 0 aliphatic rings. The van der Waals surface area contributed by atoms with Gasteiger partial charge in [0.2, 0.25) is 0 Å². The van der Waals surface area contributed by atoms with Crippen molar-refractivity contribution in [1.82, 2.24) is 9.97 Å². The number of fused-ring (bicyclic) bond motifs is 1. The number of benzene rings is 1. The zero-order valence-corrected chi connectivity index (χ0v) is 15.6. The van der Waals surface area contributed by atoms with Gasteiger partial charge in [0.05, 0.1) is 29.5 Å². The van der Waals surface area contributed by atoms with Crippen LogP contribution in [0.15, 0.2) is 39.7 Å². The summed E-state index contributed by atoms with van der Waals surface area (Å²) in [5.74, 6) is 0.903. The summed E-state index contributed by atoms with van der Waals surface area (Å²) >= 11 is 3.29. The molecule has 0 saturated carbocycles. The van der Waals surface area contributed by atoms with Crippen molar-refractivity contribution in [1.29, 1.82) is 0 Å². The van der Waals surface area contributed by atoms with Gasteiger partial charge in [-0.2, -0.15) is 0 Å². The van der Waals surface area contributed by atoms with E-state index in [1.807, 2.05) is 0 Å². The maximum atomic E-state index is 12.2. The third-order valence-electron chi connectivity index (χ3n) is 3.90. The van der Waals surface area contributed by atoms with Gasteiger partial charge in [-0.25, -0.2) is 4.98 Å². The first-order valence-corrected chi connectivity index (χ1v) is 8.43. The van der Waals surface area contributed by atoms with Crippen LogP contribution in [-0.2, 0) is 6.54 Å². The summed E-state index contributed by atoms with van der Waals surface area (Å²) < 4.78 is 5.84. The summed E-state index contributed by atoms with van der Waals surface area (Å²) in [6.45, 7) is 1.93. The van der Waals surface area contributed by atoms with Gasteiger partial charge in [-0.05, 0) is 25.1 Å². The standard InChI is InChI=1S/C17H15BrN4O4/c1-9-5-15(26-2)13(17(23)21-9)8-20-16-12-6-10(18)7-14(22(24)25)11(12)3-4-19-16/h3-7H,8H2,1-2H3,(H,19,20)(H,21,23). The fourth-order valence-electron chi connectivity index (χ4n) is 2.73. The van der Waals surface area contributed by atoms with Gasteiger partial charge < -0.3 is 15.0 Å². The van der Waals surface area contributed by atoms with Crippen LogP contribution in [0.2, 0.25) is 0 Å². The summed E-state index contributed by atoms with van der Waals surface area (Å²) in [5, 5.41) is 15.4. The predicted octanol–water partition coefficient (Wildman–Crippen LogP) is 3.52. The number of halogens is 1. The van der Waals surface area contributed by atoms with Crippen LogP contribution in [0.5, 0.6) is 5.75 Å². The Labute approximate surface area is 156 Å². The number of hydrogen-bond donors (Lipinski definition) is 2. The molecule has 2 heterocycles. The number of nitrogens with zero attached hydrogens (tertiary/aromatic N) is 2. The molecule has 0 aliphatic heterocycles. The lowest BCUT2D eigenvalue weighted by atomic mass is 10.1. The number of ether oxygens (including phenoxy) is 1. The third-order valence-corrected chi connectivity index (χ3v) is 4.36. The average Bonchev–Trinajstić information content (AvgIpc) is 2.59. The Morgan fingerprint density at radius 2 is 2.12 bits per heavy atom. The van der Waals surface area contributed by atoms with Gasteiger partial charge >= 0.3 is 0 Å². The van der Waals surface area contributed by atoms with E-state index in [1.165, 1.54) is 19.4 Å². The molecule has 134 valence electrons. The highest BCUT2D eigenvalue weighted by molar-refractivity contribution is 9.10. The summed E-state index contributed by atoms with van der Waals surface area (Å²) in [6.07, 6.45) is 1.49. The van der Waals surface area contributed by atoms with Crippen LogP contribution in [0.3, 0.4) is 0 Å². The molecule has 3 rings (SSSR count). The molecule has 3 aromatic rings. The Hall–Kier alpha value is -2.94. The van der Waals surface area contributed by atoms with E-state index < -0.39 is 4.92 Å². The minimum atomic E-state index is -0.440. The van der Waals surface area contributed by atoms with Crippen molar-refractivity contribution in [2.24, 2.45) is 0 Å². The maximum absolute atomic E-state index is 12.2. The summed E-state index contributed by atoms with van der Waals surface area (Å²) in [7, 11) is 1.49. The van der Waals surface area contributed by atoms with E-state index in [4.69, 9.17) is 4.74 Å².